The lowest BCUT2D eigenvalue weighted by atomic mass is 10.2. The van der Waals surface area contributed by atoms with Crippen LogP contribution in [0.15, 0.2) is 12.7 Å². The van der Waals surface area contributed by atoms with Gasteiger partial charge in [-0.1, -0.05) is 6.58 Å². The second-order valence-electron chi connectivity index (χ2n) is 3.28. The zero-order chi connectivity index (χ0) is 8.91. The molecule has 0 spiro atoms. The number of ketones is 1. The van der Waals surface area contributed by atoms with Crippen LogP contribution >= 0.6 is 0 Å². The quantitative estimate of drug-likeness (QED) is 0.461. The van der Waals surface area contributed by atoms with Gasteiger partial charge in [0.15, 0.2) is 5.78 Å². The molecule has 3 heteroatoms. The molecule has 0 N–H and O–H groups in total. The lowest BCUT2D eigenvalue weighted by molar-refractivity contribution is -0.114. The van der Waals surface area contributed by atoms with Gasteiger partial charge in [0.05, 0.1) is 0 Å². The molecule has 0 aromatic carbocycles. The Kier molecular flexibility index (Phi) is 4.29. The molecule has 0 aliphatic heterocycles. The van der Waals surface area contributed by atoms with Gasteiger partial charge in [-0.3, -0.25) is 9.59 Å². The monoisotopic (exact) mass is 171 g/mol. The predicted molar refractivity (Wildman–Crippen MR) is 47.4 cm³/mol. The summed E-state index contributed by atoms with van der Waals surface area (Å²) in [6.45, 7) is 6.90. The summed E-state index contributed by atoms with van der Waals surface area (Å²) in [6.07, 6.45) is 2.54. The van der Waals surface area contributed by atoms with Crippen molar-refractivity contribution in [1.82, 2.24) is 0 Å². The van der Waals surface area contributed by atoms with Gasteiger partial charge >= 0.3 is 0 Å². The number of rotatable bonds is 5. The minimum Gasteiger partial charge on any atom is -0.298 e. The number of carbonyl (C=O) groups excluding carboxylic acids is 1. The Balaban J connectivity index is 3.42. The van der Waals surface area contributed by atoms with E-state index in [0.29, 0.717) is 12.5 Å². The van der Waals surface area contributed by atoms with Gasteiger partial charge in [-0.25, -0.2) is 0 Å². The molecule has 11 heavy (non-hydrogen) atoms. The Hall–Kier alpha value is -0.413. The first-order chi connectivity index (χ1) is 4.95. The van der Waals surface area contributed by atoms with Crippen LogP contribution < -0.4 is 0 Å². The average Bonchev–Trinajstić information content (AvgIpc) is 1.85. The molecule has 0 aliphatic carbocycles. The van der Waals surface area contributed by atoms with Crippen molar-refractivity contribution in [3.8, 4) is 0 Å². The van der Waals surface area contributed by atoms with Crippen LogP contribution in [0.1, 0.15) is 12.8 Å². The fourth-order valence-electron chi connectivity index (χ4n) is 0.790. The minimum atomic E-state index is -2.17. The SMILES string of the molecule is C=CC(=O)CCC[Si](C)(C)[O]. The third kappa shape index (κ3) is 7.48. The van der Waals surface area contributed by atoms with Crippen LogP contribution in [0.25, 0.3) is 0 Å². The van der Waals surface area contributed by atoms with E-state index < -0.39 is 8.32 Å². The molecule has 1 radical (unpaired) electrons. The van der Waals surface area contributed by atoms with Crippen molar-refractivity contribution < 1.29 is 9.59 Å². The highest BCUT2D eigenvalue weighted by Gasteiger charge is 2.18. The maximum atomic E-state index is 11.2. The molecule has 0 atom stereocenters. The van der Waals surface area contributed by atoms with Gasteiger partial charge in [0.1, 0.15) is 0 Å². The van der Waals surface area contributed by atoms with Crippen molar-refractivity contribution in [2.24, 2.45) is 0 Å². The molecule has 0 aliphatic rings. The number of hydrogen-bond acceptors (Lipinski definition) is 1. The predicted octanol–water partition coefficient (Wildman–Crippen LogP) is 2.16. The summed E-state index contributed by atoms with van der Waals surface area (Å²) in [6, 6.07) is 0.687. The Morgan fingerprint density at radius 2 is 2.09 bits per heavy atom. The average molecular weight is 171 g/mol. The van der Waals surface area contributed by atoms with Crippen molar-refractivity contribution in [1.29, 1.82) is 0 Å². The topological polar surface area (TPSA) is 37.0 Å². The molecule has 0 aromatic rings. The second kappa shape index (κ2) is 4.46. The first-order valence-electron chi connectivity index (χ1n) is 3.81. The first kappa shape index (κ1) is 10.6. The van der Waals surface area contributed by atoms with Gasteiger partial charge in [0, 0.05) is 6.42 Å². The molecular weight excluding hydrogens is 156 g/mol. The summed E-state index contributed by atoms with van der Waals surface area (Å²) in [5.74, 6) is 0.0447. The summed E-state index contributed by atoms with van der Waals surface area (Å²) >= 11 is 0. The molecule has 0 bridgehead atoms. The van der Waals surface area contributed by atoms with Crippen LogP contribution in [0.3, 0.4) is 0 Å². The number of allylic oxidation sites excluding steroid dienone is 1. The van der Waals surface area contributed by atoms with Gasteiger partial charge < -0.3 is 0 Å². The van der Waals surface area contributed by atoms with Gasteiger partial charge in [-0.2, -0.15) is 0 Å². The Bertz CT molecular complexity index is 147. The van der Waals surface area contributed by atoms with Gasteiger partial charge in [-0.05, 0) is 31.6 Å². The summed E-state index contributed by atoms with van der Waals surface area (Å²) in [7, 11) is -2.17. The van der Waals surface area contributed by atoms with Crippen molar-refractivity contribution in [3.05, 3.63) is 12.7 Å². The number of hydrogen-bond donors (Lipinski definition) is 0. The molecule has 0 aromatic heterocycles. The minimum absolute atomic E-state index is 0.0447. The van der Waals surface area contributed by atoms with E-state index in [1.807, 2.05) is 0 Å². The first-order valence-corrected chi connectivity index (χ1v) is 6.93. The Morgan fingerprint density at radius 1 is 1.55 bits per heavy atom. The third-order valence-electron chi connectivity index (χ3n) is 1.43. The lowest BCUT2D eigenvalue weighted by Crippen LogP contribution is -2.22. The maximum absolute atomic E-state index is 11.2. The highest BCUT2D eigenvalue weighted by molar-refractivity contribution is 6.69. The molecule has 0 fully saturated rings. The van der Waals surface area contributed by atoms with E-state index in [-0.39, 0.29) is 5.78 Å². The van der Waals surface area contributed by atoms with E-state index >= 15 is 0 Å². The lowest BCUT2D eigenvalue weighted by Gasteiger charge is -2.08. The number of carbonyl (C=O) groups is 1. The highest BCUT2D eigenvalue weighted by Crippen LogP contribution is 2.10. The van der Waals surface area contributed by atoms with Crippen LogP contribution in [-0.4, -0.2) is 14.1 Å². The van der Waals surface area contributed by atoms with Gasteiger partial charge in [0.25, 0.3) is 0 Å². The third-order valence-corrected chi connectivity index (χ3v) is 2.99. The van der Waals surface area contributed by atoms with Crippen molar-refractivity contribution in [3.63, 3.8) is 0 Å². The van der Waals surface area contributed by atoms with Crippen LogP contribution in [0.2, 0.25) is 19.1 Å². The summed E-state index contributed by atoms with van der Waals surface area (Å²) in [5, 5.41) is 0. The zero-order valence-corrected chi connectivity index (χ0v) is 8.22. The molecule has 63 valence electrons. The fraction of sp³-hybridized carbons (Fsp3) is 0.625. The molecule has 0 saturated carbocycles. The molecule has 0 saturated heterocycles. The van der Waals surface area contributed by atoms with Crippen LogP contribution in [0, 0.1) is 0 Å². The molecular formula is C8H15O2Si. The standard InChI is InChI=1S/C8H15O2Si/c1-4-8(9)6-5-7-11(2,3)10/h4H,1,5-7H2,2-3H3. The van der Waals surface area contributed by atoms with Crippen molar-refractivity contribution in [2.45, 2.75) is 32.0 Å². The highest BCUT2D eigenvalue weighted by atomic mass is 28.4. The Labute approximate surface area is 69.1 Å². The smallest absolute Gasteiger partial charge is 0.231 e. The molecule has 2 nitrogen and oxygen atoms in total. The maximum Gasteiger partial charge on any atom is 0.231 e. The van der Waals surface area contributed by atoms with E-state index in [0.717, 1.165) is 6.42 Å². The largest absolute Gasteiger partial charge is 0.298 e. The van der Waals surface area contributed by atoms with E-state index in [1.54, 1.807) is 13.1 Å². The van der Waals surface area contributed by atoms with Gasteiger partial charge in [0.2, 0.25) is 8.32 Å². The van der Waals surface area contributed by atoms with E-state index in [2.05, 4.69) is 6.58 Å². The van der Waals surface area contributed by atoms with E-state index in [1.165, 1.54) is 6.08 Å². The summed E-state index contributed by atoms with van der Waals surface area (Å²) in [4.78, 5) is 21.9. The molecule has 0 rings (SSSR count). The van der Waals surface area contributed by atoms with Gasteiger partial charge in [-0.15, -0.1) is 0 Å². The van der Waals surface area contributed by atoms with Crippen LogP contribution in [-0.2, 0) is 9.59 Å². The van der Waals surface area contributed by atoms with Crippen molar-refractivity contribution >= 4 is 14.1 Å². The van der Waals surface area contributed by atoms with Crippen LogP contribution in [0.5, 0.6) is 0 Å². The normalized spacial score (nSPS) is 11.2. The molecule has 0 amide bonds. The van der Waals surface area contributed by atoms with Crippen molar-refractivity contribution in [2.75, 3.05) is 0 Å². The van der Waals surface area contributed by atoms with Crippen LogP contribution in [0.4, 0.5) is 0 Å². The summed E-state index contributed by atoms with van der Waals surface area (Å²) in [5.41, 5.74) is 0. The van der Waals surface area contributed by atoms with E-state index in [9.17, 15) is 9.59 Å². The van der Waals surface area contributed by atoms with E-state index in [4.69, 9.17) is 0 Å². The molecule has 0 unspecified atom stereocenters. The second-order valence-corrected chi connectivity index (χ2v) is 7.30. The molecule has 0 heterocycles. The Morgan fingerprint density at radius 3 is 2.45 bits per heavy atom. The fourth-order valence-corrected chi connectivity index (χ4v) is 1.82. The summed E-state index contributed by atoms with van der Waals surface area (Å²) < 4.78 is 0. The zero-order valence-electron chi connectivity index (χ0n) is 7.22.